The Morgan fingerprint density at radius 2 is 1.85 bits per heavy atom. The van der Waals surface area contributed by atoms with Crippen molar-refractivity contribution in [3.05, 3.63) is 63.6 Å². The predicted octanol–water partition coefficient (Wildman–Crippen LogP) is 5.48. The first-order chi connectivity index (χ1) is 15.5. The van der Waals surface area contributed by atoms with Gasteiger partial charge in [0.05, 0.1) is 10.9 Å². The highest BCUT2D eigenvalue weighted by Crippen LogP contribution is 2.37. The number of fused-ring (bicyclic) bond motifs is 1. The molecule has 1 unspecified atom stereocenters. The molecule has 2 aromatic carbocycles. The fraction of sp³-hybridized carbons (Fsp3) is 0.444. The predicted molar refractivity (Wildman–Crippen MR) is 133 cm³/mol. The first kappa shape index (κ1) is 25.0. The third kappa shape index (κ3) is 5.64. The number of rotatable bonds is 7. The molecule has 176 valence electrons. The van der Waals surface area contributed by atoms with E-state index >= 15 is 0 Å². The summed E-state index contributed by atoms with van der Waals surface area (Å²) in [6.45, 7) is 11.4. The maximum Gasteiger partial charge on any atom is 0.412 e. The van der Waals surface area contributed by atoms with Crippen molar-refractivity contribution >= 4 is 34.7 Å². The number of nitrogens with one attached hydrogen (secondary N) is 1. The second kappa shape index (κ2) is 9.68. The Morgan fingerprint density at radius 3 is 2.45 bits per heavy atom. The molecule has 0 saturated carbocycles. The minimum absolute atomic E-state index is 0.0888. The summed E-state index contributed by atoms with van der Waals surface area (Å²) in [4.78, 5) is 30.9. The molecule has 0 aromatic heterocycles. The molecule has 0 fully saturated rings. The second-order valence-corrected chi connectivity index (χ2v) is 10.3. The second-order valence-electron chi connectivity index (χ2n) is 9.91. The van der Waals surface area contributed by atoms with Crippen LogP contribution in [0.1, 0.15) is 59.9 Å². The van der Waals surface area contributed by atoms with E-state index < -0.39 is 17.2 Å². The molecular weight excluding hydrogens is 436 g/mol. The number of Topliss-reactive ketones (excluding diaryl/α,β-unsaturated/α-hetero) is 1. The number of benzene rings is 2. The first-order valence-electron chi connectivity index (χ1n) is 11.5. The monoisotopic (exact) mass is 468 g/mol. The van der Waals surface area contributed by atoms with E-state index in [0.29, 0.717) is 22.5 Å². The van der Waals surface area contributed by atoms with Gasteiger partial charge in [0.25, 0.3) is 0 Å². The largest absolute Gasteiger partial charge is 0.444 e. The number of anilines is 1. The lowest BCUT2D eigenvalue weighted by molar-refractivity contribution is -0.116. The summed E-state index contributed by atoms with van der Waals surface area (Å²) in [5.41, 5.74) is 0.978. The fourth-order valence-corrected chi connectivity index (χ4v) is 4.49. The van der Waals surface area contributed by atoms with Gasteiger partial charge in [0, 0.05) is 33.8 Å². The summed E-state index contributed by atoms with van der Waals surface area (Å²) in [5.74, 6) is -0.0750. The smallest absolute Gasteiger partial charge is 0.412 e. The molecule has 0 aliphatic carbocycles. The van der Waals surface area contributed by atoms with Crippen LogP contribution in [0.15, 0.2) is 47.5 Å². The summed E-state index contributed by atoms with van der Waals surface area (Å²) in [5, 5.41) is 4.97. The van der Waals surface area contributed by atoms with Crippen LogP contribution >= 0.6 is 11.6 Å². The standard InChI is InChI=1S/C27H33ClN2O3/c1-7-14-27(16-18-10-8-9-11-21(18)28)23(24(31)17(2)3)20-13-12-19(15-22(20)30-27)29-25(32)33-26(4,5)6/h8-13,15,17H,7,14,16H2,1-6H3,(H,29,32). The van der Waals surface area contributed by atoms with Crippen LogP contribution in [0.5, 0.6) is 0 Å². The zero-order valence-corrected chi connectivity index (χ0v) is 21.0. The van der Waals surface area contributed by atoms with Gasteiger partial charge in [-0.15, -0.1) is 0 Å². The van der Waals surface area contributed by atoms with Gasteiger partial charge >= 0.3 is 6.09 Å². The highest BCUT2D eigenvalue weighted by atomic mass is 35.5. The van der Waals surface area contributed by atoms with E-state index in [4.69, 9.17) is 21.3 Å². The molecule has 1 amide bonds. The summed E-state index contributed by atoms with van der Waals surface area (Å²) < 4.78 is 5.37. The van der Waals surface area contributed by atoms with Gasteiger partial charge in [0.15, 0.2) is 5.78 Å². The van der Waals surface area contributed by atoms with E-state index in [2.05, 4.69) is 12.2 Å². The van der Waals surface area contributed by atoms with Crippen molar-refractivity contribution < 1.29 is 14.3 Å². The van der Waals surface area contributed by atoms with Crippen molar-refractivity contribution in [1.82, 2.24) is 0 Å². The Bertz CT molecular complexity index is 1180. The molecule has 33 heavy (non-hydrogen) atoms. The number of hydrogen-bond acceptors (Lipinski definition) is 4. The maximum atomic E-state index is 13.5. The van der Waals surface area contributed by atoms with E-state index in [1.54, 1.807) is 6.07 Å². The van der Waals surface area contributed by atoms with Gasteiger partial charge in [-0.2, -0.15) is 0 Å². The summed E-state index contributed by atoms with van der Waals surface area (Å²) >= 11 is 6.50. The summed E-state index contributed by atoms with van der Waals surface area (Å²) in [7, 11) is 0. The van der Waals surface area contributed by atoms with Crippen LogP contribution in [0.2, 0.25) is 5.02 Å². The molecule has 1 atom stereocenters. The third-order valence-corrected chi connectivity index (χ3v) is 5.96. The molecule has 0 bridgehead atoms. The highest BCUT2D eigenvalue weighted by Gasteiger charge is 2.41. The van der Waals surface area contributed by atoms with Crippen molar-refractivity contribution in [3.63, 3.8) is 0 Å². The van der Waals surface area contributed by atoms with Crippen molar-refractivity contribution in [2.45, 2.75) is 71.9 Å². The average molecular weight is 469 g/mol. The molecule has 1 aliphatic heterocycles. The Morgan fingerprint density at radius 1 is 1.15 bits per heavy atom. The lowest BCUT2D eigenvalue weighted by atomic mass is 9.77. The molecule has 3 rings (SSSR count). The van der Waals surface area contributed by atoms with Crippen LogP contribution in [-0.4, -0.2) is 23.0 Å². The van der Waals surface area contributed by atoms with E-state index in [9.17, 15) is 9.59 Å². The molecule has 6 heteroatoms. The van der Waals surface area contributed by atoms with E-state index in [1.165, 1.54) is 0 Å². The van der Waals surface area contributed by atoms with Crippen LogP contribution in [0, 0.1) is 5.92 Å². The van der Waals surface area contributed by atoms with Crippen LogP contribution in [0.25, 0.3) is 5.57 Å². The number of carbonyl (C=O) groups is 2. The zero-order valence-electron chi connectivity index (χ0n) is 20.3. The van der Waals surface area contributed by atoms with E-state index in [-0.39, 0.29) is 11.7 Å². The van der Waals surface area contributed by atoms with E-state index in [0.717, 1.165) is 29.2 Å². The molecule has 0 spiro atoms. The topological polar surface area (TPSA) is 67.8 Å². The molecule has 0 radical (unpaired) electrons. The number of nitrogens with zero attached hydrogens (tertiary/aromatic N) is 1. The summed E-state index contributed by atoms with van der Waals surface area (Å²) in [6, 6.07) is 13.2. The lowest BCUT2D eigenvalue weighted by Gasteiger charge is -2.30. The van der Waals surface area contributed by atoms with Crippen LogP contribution < -0.4 is 15.9 Å². The number of carbonyl (C=O) groups excluding carboxylic acids is 2. The number of hydrogen-bond donors (Lipinski definition) is 1. The summed E-state index contributed by atoms with van der Waals surface area (Å²) in [6.07, 6.45) is 1.59. The average Bonchev–Trinajstić information content (AvgIpc) is 3.00. The molecule has 0 saturated heterocycles. The Balaban J connectivity index is 2.13. The molecule has 5 nitrogen and oxygen atoms in total. The van der Waals surface area contributed by atoms with Gasteiger partial charge in [-0.05, 0) is 51.0 Å². The quantitative estimate of drug-likeness (QED) is 0.585. The van der Waals surface area contributed by atoms with Crippen LogP contribution in [0.4, 0.5) is 10.5 Å². The number of amides is 1. The van der Waals surface area contributed by atoms with Crippen molar-refractivity contribution in [3.8, 4) is 0 Å². The number of ether oxygens (including phenoxy) is 1. The molecule has 1 heterocycles. The van der Waals surface area contributed by atoms with Gasteiger partial charge in [0.1, 0.15) is 5.60 Å². The van der Waals surface area contributed by atoms with Gasteiger partial charge in [0.2, 0.25) is 0 Å². The van der Waals surface area contributed by atoms with Crippen LogP contribution in [0.3, 0.4) is 0 Å². The Kier molecular flexibility index (Phi) is 7.32. The van der Waals surface area contributed by atoms with Gasteiger partial charge in [-0.25, -0.2) is 4.79 Å². The molecule has 2 aromatic rings. The van der Waals surface area contributed by atoms with Gasteiger partial charge in [-0.1, -0.05) is 63.1 Å². The van der Waals surface area contributed by atoms with Gasteiger partial charge in [-0.3, -0.25) is 15.1 Å². The van der Waals surface area contributed by atoms with Crippen molar-refractivity contribution in [2.24, 2.45) is 10.9 Å². The Labute approximate surface area is 200 Å². The highest BCUT2D eigenvalue weighted by molar-refractivity contribution is 6.31. The zero-order chi connectivity index (χ0) is 24.4. The molecular formula is C27H33ClN2O3. The first-order valence-corrected chi connectivity index (χ1v) is 11.9. The van der Waals surface area contributed by atoms with Gasteiger partial charge < -0.3 is 4.74 Å². The fourth-order valence-electron chi connectivity index (χ4n) is 4.29. The van der Waals surface area contributed by atoms with Crippen molar-refractivity contribution in [2.75, 3.05) is 5.32 Å². The maximum absolute atomic E-state index is 13.5. The number of halogens is 1. The van der Waals surface area contributed by atoms with E-state index in [1.807, 2.05) is 71.0 Å². The normalized spacial score (nSPS) is 17.5. The Hall–Kier alpha value is -2.66. The third-order valence-electron chi connectivity index (χ3n) is 5.59. The van der Waals surface area contributed by atoms with Crippen molar-refractivity contribution in [1.29, 1.82) is 0 Å². The minimum atomic E-state index is -0.700. The molecule has 1 N–H and O–H groups in total. The number of ketones is 1. The molecule has 1 aliphatic rings. The lowest BCUT2D eigenvalue weighted by Crippen LogP contribution is -2.37. The minimum Gasteiger partial charge on any atom is -0.444 e. The van der Waals surface area contributed by atoms with Crippen LogP contribution in [-0.2, 0) is 16.0 Å². The SMILES string of the molecule is CCCC1(Cc2ccccc2Cl)N=c2cc(NC(=O)OC(C)(C)C)ccc2=C1C(=O)C(C)C.